The van der Waals surface area contributed by atoms with E-state index in [1.165, 1.54) is 35.6 Å². The van der Waals surface area contributed by atoms with Gasteiger partial charge < -0.3 is 15.6 Å². The Hall–Kier alpha value is -3.30. The third-order valence-corrected chi connectivity index (χ3v) is 5.72. The molecular formula is C22H21FN4O3S. The summed E-state index contributed by atoms with van der Waals surface area (Å²) in [6.07, 6.45) is 3.62. The van der Waals surface area contributed by atoms with E-state index < -0.39 is 5.91 Å². The number of amides is 1. The number of nitrogens with two attached hydrogens (primary N) is 1. The van der Waals surface area contributed by atoms with Crippen molar-refractivity contribution >= 4 is 23.5 Å². The average molecular weight is 440 g/mol. The lowest BCUT2D eigenvalue weighted by Crippen LogP contribution is -2.17. The van der Waals surface area contributed by atoms with Crippen LogP contribution in [-0.2, 0) is 4.74 Å². The molecule has 1 aromatic heterocycles. The highest BCUT2D eigenvalue weighted by Gasteiger charge is 2.16. The zero-order valence-electron chi connectivity index (χ0n) is 16.6. The Morgan fingerprint density at radius 1 is 1.35 bits per heavy atom. The van der Waals surface area contributed by atoms with Gasteiger partial charge >= 0.3 is 0 Å². The number of halogens is 1. The number of rotatable bonds is 6. The van der Waals surface area contributed by atoms with Crippen LogP contribution in [0.1, 0.15) is 28.8 Å². The Balaban J connectivity index is 1.77. The van der Waals surface area contributed by atoms with E-state index in [4.69, 9.17) is 10.5 Å². The third kappa shape index (κ3) is 4.89. The molecule has 0 saturated carbocycles. The van der Waals surface area contributed by atoms with Crippen molar-refractivity contribution in [2.24, 2.45) is 15.8 Å². The Morgan fingerprint density at radius 2 is 2.23 bits per heavy atom. The topological polar surface area (TPSA) is 102 Å². The van der Waals surface area contributed by atoms with Gasteiger partial charge in [-0.1, -0.05) is 12.1 Å². The van der Waals surface area contributed by atoms with Crippen LogP contribution < -0.4 is 10.5 Å². The van der Waals surface area contributed by atoms with E-state index in [-0.39, 0.29) is 23.2 Å². The minimum absolute atomic E-state index is 0.0159. The quantitative estimate of drug-likeness (QED) is 0.576. The Morgan fingerprint density at radius 3 is 2.97 bits per heavy atom. The summed E-state index contributed by atoms with van der Waals surface area (Å²) in [5, 5.41) is 16.3. The van der Waals surface area contributed by atoms with Gasteiger partial charge in [-0.15, -0.1) is 11.3 Å². The van der Waals surface area contributed by atoms with Crippen molar-refractivity contribution in [2.75, 3.05) is 13.2 Å². The highest BCUT2D eigenvalue weighted by atomic mass is 32.1. The Kier molecular flexibility index (Phi) is 6.24. The molecule has 0 spiro atoms. The molecule has 1 fully saturated rings. The number of phenols is 1. The predicted molar refractivity (Wildman–Crippen MR) is 117 cm³/mol. The second kappa shape index (κ2) is 9.23. The summed E-state index contributed by atoms with van der Waals surface area (Å²) in [4.78, 5) is 16.9. The van der Waals surface area contributed by atoms with E-state index in [0.717, 1.165) is 19.4 Å². The SMILES string of the molecule is NC(=O)c1cc(-c2csc(=NCC3CCCO3)n2/N=C/c2cccc(F)c2)ccc1O. The van der Waals surface area contributed by atoms with Crippen molar-refractivity contribution in [2.45, 2.75) is 18.9 Å². The molecule has 3 N–H and O–H groups in total. The number of carbonyl (C=O) groups is 1. The summed E-state index contributed by atoms with van der Waals surface area (Å²) in [6.45, 7) is 1.26. The van der Waals surface area contributed by atoms with Crippen molar-refractivity contribution in [3.05, 3.63) is 69.6 Å². The van der Waals surface area contributed by atoms with E-state index in [9.17, 15) is 14.3 Å². The summed E-state index contributed by atoms with van der Waals surface area (Å²) in [6, 6.07) is 10.7. The van der Waals surface area contributed by atoms with Gasteiger partial charge in [-0.05, 0) is 48.7 Å². The number of ether oxygens (including phenoxy) is 1. The lowest BCUT2D eigenvalue weighted by Gasteiger charge is -2.07. The van der Waals surface area contributed by atoms with Gasteiger partial charge in [0.15, 0.2) is 0 Å². The number of hydrogen-bond donors (Lipinski definition) is 2. The standard InChI is InChI=1S/C22H21FN4O3S/c23-16-4-1-3-14(9-16)11-26-27-19(15-6-7-20(28)18(10-15)21(24)29)13-31-22(27)25-12-17-5-2-8-30-17/h1,3-4,6-7,9-11,13,17,28H,2,5,8,12H2,(H2,24,29)/b25-22?,26-11+. The molecule has 7 nitrogen and oxygen atoms in total. The van der Waals surface area contributed by atoms with Gasteiger partial charge in [0, 0.05) is 17.6 Å². The zero-order valence-corrected chi connectivity index (χ0v) is 17.4. The molecule has 0 radical (unpaired) electrons. The molecule has 31 heavy (non-hydrogen) atoms. The van der Waals surface area contributed by atoms with Gasteiger partial charge in [-0.2, -0.15) is 5.10 Å². The smallest absolute Gasteiger partial charge is 0.252 e. The summed E-state index contributed by atoms with van der Waals surface area (Å²) >= 11 is 1.39. The van der Waals surface area contributed by atoms with Crippen molar-refractivity contribution < 1.29 is 19.0 Å². The van der Waals surface area contributed by atoms with Crippen molar-refractivity contribution in [3.8, 4) is 17.0 Å². The number of thiazole rings is 1. The molecule has 1 amide bonds. The van der Waals surface area contributed by atoms with Crippen LogP contribution in [-0.4, -0.2) is 41.2 Å². The summed E-state index contributed by atoms with van der Waals surface area (Å²) < 4.78 is 20.8. The maximum Gasteiger partial charge on any atom is 0.252 e. The van der Waals surface area contributed by atoms with Gasteiger partial charge in [-0.3, -0.25) is 9.79 Å². The van der Waals surface area contributed by atoms with E-state index >= 15 is 0 Å². The fourth-order valence-electron chi connectivity index (χ4n) is 3.29. The molecule has 1 aliphatic heterocycles. The summed E-state index contributed by atoms with van der Waals surface area (Å²) in [7, 11) is 0. The molecule has 1 atom stereocenters. The molecule has 160 valence electrons. The molecule has 1 aliphatic rings. The Bertz CT molecular complexity index is 1200. The van der Waals surface area contributed by atoms with Gasteiger partial charge in [0.05, 0.1) is 30.1 Å². The van der Waals surface area contributed by atoms with E-state index in [0.29, 0.717) is 28.2 Å². The van der Waals surface area contributed by atoms with Crippen LogP contribution in [0.5, 0.6) is 5.75 Å². The van der Waals surface area contributed by atoms with Crippen LogP contribution >= 0.6 is 11.3 Å². The second-order valence-corrected chi connectivity index (χ2v) is 7.92. The van der Waals surface area contributed by atoms with Gasteiger partial charge in [0.1, 0.15) is 11.6 Å². The van der Waals surface area contributed by atoms with Crippen LogP contribution in [0.4, 0.5) is 4.39 Å². The van der Waals surface area contributed by atoms with E-state index in [1.807, 2.05) is 5.38 Å². The highest BCUT2D eigenvalue weighted by molar-refractivity contribution is 7.07. The van der Waals surface area contributed by atoms with Crippen LogP contribution in [0.2, 0.25) is 0 Å². The molecule has 9 heteroatoms. The van der Waals surface area contributed by atoms with Crippen LogP contribution in [0.3, 0.4) is 0 Å². The first-order valence-corrected chi connectivity index (χ1v) is 10.6. The lowest BCUT2D eigenvalue weighted by molar-refractivity contribution is 0.0997. The molecule has 0 aliphatic carbocycles. The third-order valence-electron chi connectivity index (χ3n) is 4.87. The van der Waals surface area contributed by atoms with Gasteiger partial charge in [0.2, 0.25) is 4.80 Å². The normalized spacial score (nSPS) is 16.9. The number of aromatic hydroxyl groups is 1. The fraction of sp³-hybridized carbons (Fsp3) is 0.227. The number of nitrogens with zero attached hydrogens (tertiary/aromatic N) is 3. The first-order chi connectivity index (χ1) is 15.0. The number of carbonyl (C=O) groups excluding carboxylic acids is 1. The second-order valence-electron chi connectivity index (χ2n) is 7.09. The van der Waals surface area contributed by atoms with Gasteiger partial charge in [0.25, 0.3) is 5.91 Å². The minimum atomic E-state index is -0.729. The van der Waals surface area contributed by atoms with Crippen LogP contribution in [0, 0.1) is 5.82 Å². The van der Waals surface area contributed by atoms with Crippen LogP contribution in [0.25, 0.3) is 11.3 Å². The molecular weight excluding hydrogens is 419 g/mol. The van der Waals surface area contributed by atoms with Crippen molar-refractivity contribution in [3.63, 3.8) is 0 Å². The molecule has 1 saturated heterocycles. The largest absolute Gasteiger partial charge is 0.507 e. The monoisotopic (exact) mass is 440 g/mol. The molecule has 1 unspecified atom stereocenters. The number of aromatic nitrogens is 1. The zero-order chi connectivity index (χ0) is 21.8. The van der Waals surface area contributed by atoms with Crippen molar-refractivity contribution in [1.82, 2.24) is 4.68 Å². The number of benzene rings is 2. The average Bonchev–Trinajstić information content (AvgIpc) is 3.41. The molecule has 2 aromatic carbocycles. The van der Waals surface area contributed by atoms with Gasteiger partial charge in [-0.25, -0.2) is 9.07 Å². The first-order valence-electron chi connectivity index (χ1n) is 9.77. The molecule has 4 rings (SSSR count). The first kappa shape index (κ1) is 21.0. The van der Waals surface area contributed by atoms with Crippen LogP contribution in [0.15, 0.2) is 57.9 Å². The maximum atomic E-state index is 13.5. The van der Waals surface area contributed by atoms with Crippen molar-refractivity contribution in [1.29, 1.82) is 0 Å². The summed E-state index contributed by atoms with van der Waals surface area (Å²) in [5.41, 5.74) is 7.28. The highest BCUT2D eigenvalue weighted by Crippen LogP contribution is 2.26. The minimum Gasteiger partial charge on any atom is -0.507 e. The Labute approximate surface area is 181 Å². The maximum absolute atomic E-state index is 13.5. The van der Waals surface area contributed by atoms with E-state index in [1.54, 1.807) is 29.1 Å². The lowest BCUT2D eigenvalue weighted by atomic mass is 10.1. The fourth-order valence-corrected chi connectivity index (χ4v) is 4.14. The number of primary amides is 1. The predicted octanol–water partition coefficient (Wildman–Crippen LogP) is 3.12. The van der Waals surface area contributed by atoms with E-state index in [2.05, 4.69) is 10.1 Å². The number of hydrogen-bond acceptors (Lipinski definition) is 6. The molecule has 0 bridgehead atoms. The molecule has 2 heterocycles. The summed E-state index contributed by atoms with van der Waals surface area (Å²) in [5.74, 6) is -1.27. The molecule has 3 aromatic rings.